The number of rotatable bonds is 6. The Balaban J connectivity index is 1.51. The monoisotopic (exact) mass is 375 g/mol. The standard InChI is InChI=1S/C17H14FN3O2S2/c1-23-14-7-6-11(8-12(14)18)9-19-21-16(22)10-24-17-20-13-4-2-3-5-15(13)25-17/h2-9H,10H2,1H3,(H,21,22)/b19-9-. The van der Waals surface area contributed by atoms with E-state index in [1.165, 1.54) is 37.2 Å². The molecule has 0 bridgehead atoms. The molecule has 0 aliphatic rings. The number of para-hydroxylation sites is 1. The molecule has 0 aliphatic heterocycles. The topological polar surface area (TPSA) is 63.6 Å². The Morgan fingerprint density at radius 1 is 1.40 bits per heavy atom. The number of ether oxygens (including phenoxy) is 1. The maximum atomic E-state index is 13.5. The third-order valence-electron chi connectivity index (χ3n) is 3.18. The van der Waals surface area contributed by atoms with E-state index in [9.17, 15) is 9.18 Å². The van der Waals surface area contributed by atoms with Crippen LogP contribution >= 0.6 is 23.1 Å². The van der Waals surface area contributed by atoms with Crippen molar-refractivity contribution < 1.29 is 13.9 Å². The summed E-state index contributed by atoms with van der Waals surface area (Å²) in [5, 5.41) is 3.83. The van der Waals surface area contributed by atoms with Gasteiger partial charge in [-0.2, -0.15) is 5.10 Å². The van der Waals surface area contributed by atoms with Gasteiger partial charge in [-0.25, -0.2) is 14.8 Å². The van der Waals surface area contributed by atoms with Crippen LogP contribution in [-0.2, 0) is 4.79 Å². The van der Waals surface area contributed by atoms with Gasteiger partial charge in [0.15, 0.2) is 15.9 Å². The van der Waals surface area contributed by atoms with Crippen molar-refractivity contribution in [2.75, 3.05) is 12.9 Å². The Hall–Kier alpha value is -2.45. The molecule has 0 radical (unpaired) electrons. The van der Waals surface area contributed by atoms with Gasteiger partial charge in [-0.1, -0.05) is 23.9 Å². The average molecular weight is 375 g/mol. The van der Waals surface area contributed by atoms with Crippen molar-refractivity contribution in [3.05, 3.63) is 53.8 Å². The lowest BCUT2D eigenvalue weighted by Gasteiger charge is -2.02. The van der Waals surface area contributed by atoms with Crippen LogP contribution < -0.4 is 10.2 Å². The van der Waals surface area contributed by atoms with Gasteiger partial charge in [0, 0.05) is 0 Å². The second-order valence-electron chi connectivity index (χ2n) is 4.92. The molecule has 128 valence electrons. The maximum Gasteiger partial charge on any atom is 0.250 e. The number of methoxy groups -OCH3 is 1. The maximum absolute atomic E-state index is 13.5. The highest BCUT2D eigenvalue weighted by Crippen LogP contribution is 2.28. The van der Waals surface area contributed by atoms with Gasteiger partial charge in [-0.05, 0) is 35.9 Å². The predicted molar refractivity (Wildman–Crippen MR) is 99.0 cm³/mol. The molecule has 0 saturated heterocycles. The normalized spacial score (nSPS) is 11.1. The van der Waals surface area contributed by atoms with E-state index < -0.39 is 5.82 Å². The number of halogens is 1. The number of hydrogen-bond donors (Lipinski definition) is 1. The fraction of sp³-hybridized carbons (Fsp3) is 0.118. The van der Waals surface area contributed by atoms with Crippen molar-refractivity contribution in [3.63, 3.8) is 0 Å². The third kappa shape index (κ3) is 4.55. The number of nitrogens with zero attached hydrogens (tertiary/aromatic N) is 2. The van der Waals surface area contributed by atoms with Gasteiger partial charge in [-0.15, -0.1) is 11.3 Å². The van der Waals surface area contributed by atoms with E-state index in [4.69, 9.17) is 4.74 Å². The SMILES string of the molecule is COc1ccc(/C=N\NC(=O)CSc2nc3ccccc3s2)cc1F. The molecule has 1 amide bonds. The third-order valence-corrected chi connectivity index (χ3v) is 5.36. The number of carbonyl (C=O) groups is 1. The number of fused-ring (bicyclic) bond motifs is 1. The molecule has 1 N–H and O–H groups in total. The summed E-state index contributed by atoms with van der Waals surface area (Å²) >= 11 is 2.90. The molecular weight excluding hydrogens is 361 g/mol. The number of benzene rings is 2. The molecule has 8 heteroatoms. The molecule has 3 aromatic rings. The Morgan fingerprint density at radius 2 is 2.24 bits per heavy atom. The molecule has 0 saturated carbocycles. The first kappa shape index (κ1) is 17.4. The highest BCUT2D eigenvalue weighted by molar-refractivity contribution is 8.01. The largest absolute Gasteiger partial charge is 0.494 e. The Kier molecular flexibility index (Phi) is 5.62. The van der Waals surface area contributed by atoms with Crippen molar-refractivity contribution in [3.8, 4) is 5.75 Å². The summed E-state index contributed by atoms with van der Waals surface area (Å²) < 4.78 is 20.3. The predicted octanol–water partition coefficient (Wildman–Crippen LogP) is 3.69. The molecule has 0 spiro atoms. The Labute approximate surface area is 151 Å². The van der Waals surface area contributed by atoms with E-state index in [2.05, 4.69) is 15.5 Å². The fourth-order valence-corrected chi connectivity index (χ4v) is 3.87. The van der Waals surface area contributed by atoms with E-state index >= 15 is 0 Å². The molecule has 1 aromatic heterocycles. The number of aromatic nitrogens is 1. The number of thioether (sulfide) groups is 1. The molecule has 5 nitrogen and oxygen atoms in total. The summed E-state index contributed by atoms with van der Waals surface area (Å²) in [5.74, 6) is -0.374. The molecular formula is C17H14FN3O2S2. The molecule has 0 atom stereocenters. The fourth-order valence-electron chi connectivity index (χ4n) is 2.01. The smallest absolute Gasteiger partial charge is 0.250 e. The summed E-state index contributed by atoms with van der Waals surface area (Å²) in [7, 11) is 1.40. The first-order valence-corrected chi connectivity index (χ1v) is 9.10. The van der Waals surface area contributed by atoms with Gasteiger partial charge in [-0.3, -0.25) is 4.79 Å². The number of thiazole rings is 1. The lowest BCUT2D eigenvalue weighted by atomic mass is 10.2. The van der Waals surface area contributed by atoms with Crippen molar-refractivity contribution in [1.82, 2.24) is 10.4 Å². The highest BCUT2D eigenvalue weighted by Gasteiger charge is 2.07. The summed E-state index contributed by atoms with van der Waals surface area (Å²) in [6, 6.07) is 12.3. The minimum absolute atomic E-state index is 0.161. The zero-order valence-corrected chi connectivity index (χ0v) is 14.9. The summed E-state index contributed by atoms with van der Waals surface area (Å²) in [5.41, 5.74) is 3.87. The Morgan fingerprint density at radius 3 is 3.00 bits per heavy atom. The number of nitrogens with one attached hydrogen (secondary N) is 1. The van der Waals surface area contributed by atoms with Gasteiger partial charge in [0.05, 0.1) is 29.3 Å². The molecule has 3 rings (SSSR count). The second-order valence-corrected chi connectivity index (χ2v) is 7.18. The van der Waals surface area contributed by atoms with Gasteiger partial charge in [0.2, 0.25) is 0 Å². The van der Waals surface area contributed by atoms with Crippen LogP contribution in [-0.4, -0.2) is 30.0 Å². The van der Waals surface area contributed by atoms with Crippen molar-refractivity contribution in [2.45, 2.75) is 4.34 Å². The minimum Gasteiger partial charge on any atom is -0.494 e. The lowest BCUT2D eigenvalue weighted by molar-refractivity contribution is -0.118. The quantitative estimate of drug-likeness (QED) is 0.405. The first-order valence-electron chi connectivity index (χ1n) is 7.29. The van der Waals surface area contributed by atoms with Crippen molar-refractivity contribution >= 4 is 45.4 Å². The molecule has 0 unspecified atom stereocenters. The van der Waals surface area contributed by atoms with Gasteiger partial charge in [0.1, 0.15) is 0 Å². The van der Waals surface area contributed by atoms with E-state index in [1.807, 2.05) is 24.3 Å². The van der Waals surface area contributed by atoms with E-state index in [-0.39, 0.29) is 17.4 Å². The van der Waals surface area contributed by atoms with Crippen LogP contribution in [0.1, 0.15) is 5.56 Å². The minimum atomic E-state index is -0.482. The summed E-state index contributed by atoms with van der Waals surface area (Å²) in [6.45, 7) is 0. The second kappa shape index (κ2) is 8.09. The van der Waals surface area contributed by atoms with Crippen LogP contribution in [0.4, 0.5) is 4.39 Å². The van der Waals surface area contributed by atoms with Gasteiger partial charge < -0.3 is 4.74 Å². The van der Waals surface area contributed by atoms with Crippen LogP contribution in [0.15, 0.2) is 51.9 Å². The molecule has 1 heterocycles. The van der Waals surface area contributed by atoms with E-state index in [0.29, 0.717) is 5.56 Å². The van der Waals surface area contributed by atoms with Crippen LogP contribution in [0.3, 0.4) is 0 Å². The summed E-state index contributed by atoms with van der Waals surface area (Å²) in [6.07, 6.45) is 1.38. The van der Waals surface area contributed by atoms with E-state index in [1.54, 1.807) is 17.4 Å². The van der Waals surface area contributed by atoms with Crippen molar-refractivity contribution in [2.24, 2.45) is 5.10 Å². The zero-order chi connectivity index (χ0) is 17.6. The number of hydrazone groups is 1. The highest BCUT2D eigenvalue weighted by atomic mass is 32.2. The number of carbonyl (C=O) groups excluding carboxylic acids is 1. The molecule has 0 aliphatic carbocycles. The van der Waals surface area contributed by atoms with Gasteiger partial charge in [0.25, 0.3) is 5.91 Å². The number of amides is 1. The first-order chi connectivity index (χ1) is 12.2. The Bertz CT molecular complexity index is 894. The van der Waals surface area contributed by atoms with Gasteiger partial charge >= 0.3 is 0 Å². The average Bonchev–Trinajstić information content (AvgIpc) is 3.03. The summed E-state index contributed by atoms with van der Waals surface area (Å²) in [4.78, 5) is 16.3. The zero-order valence-electron chi connectivity index (χ0n) is 13.2. The van der Waals surface area contributed by atoms with E-state index in [0.717, 1.165) is 14.6 Å². The van der Waals surface area contributed by atoms with Crippen LogP contribution in [0.25, 0.3) is 10.2 Å². The van der Waals surface area contributed by atoms with Crippen LogP contribution in [0.2, 0.25) is 0 Å². The molecule has 25 heavy (non-hydrogen) atoms. The number of hydrogen-bond acceptors (Lipinski definition) is 6. The van der Waals surface area contributed by atoms with Crippen LogP contribution in [0, 0.1) is 5.82 Å². The lowest BCUT2D eigenvalue weighted by Crippen LogP contribution is -2.19. The molecule has 2 aromatic carbocycles. The molecule has 0 fully saturated rings. The van der Waals surface area contributed by atoms with Crippen molar-refractivity contribution in [1.29, 1.82) is 0 Å². The van der Waals surface area contributed by atoms with Crippen LogP contribution in [0.5, 0.6) is 5.75 Å².